The van der Waals surface area contributed by atoms with Crippen LogP contribution in [0.2, 0.25) is 5.02 Å². The lowest BCUT2D eigenvalue weighted by Gasteiger charge is -2.28. The smallest absolute Gasteiger partial charge is 0.0406 e. The molecule has 26 heavy (non-hydrogen) atoms. The Kier molecular flexibility index (Phi) is 6.11. The fourth-order valence-electron chi connectivity index (χ4n) is 3.55. The van der Waals surface area contributed by atoms with Crippen molar-refractivity contribution in [1.29, 1.82) is 0 Å². The zero-order valence-corrected chi connectivity index (χ0v) is 16.4. The van der Waals surface area contributed by atoms with E-state index in [0.29, 0.717) is 5.92 Å². The third-order valence-corrected chi connectivity index (χ3v) is 5.39. The first-order valence-corrected chi connectivity index (χ1v) is 9.74. The van der Waals surface area contributed by atoms with Gasteiger partial charge in [-0.1, -0.05) is 67.9 Å². The van der Waals surface area contributed by atoms with Gasteiger partial charge in [0, 0.05) is 22.9 Å². The van der Waals surface area contributed by atoms with Crippen molar-refractivity contribution in [1.82, 2.24) is 0 Å². The summed E-state index contributed by atoms with van der Waals surface area (Å²) in [6.07, 6.45) is 6.27. The molecule has 0 radical (unpaired) electrons. The van der Waals surface area contributed by atoms with Crippen LogP contribution in [-0.2, 0) is 0 Å². The minimum absolute atomic E-state index is 0.331. The van der Waals surface area contributed by atoms with Crippen molar-refractivity contribution in [3.8, 4) is 0 Å². The van der Waals surface area contributed by atoms with Crippen molar-refractivity contribution >= 4 is 23.4 Å². The fourth-order valence-corrected chi connectivity index (χ4v) is 3.68. The average Bonchev–Trinajstić information content (AvgIpc) is 2.67. The fraction of sp³-hybridized carbons (Fsp3) is 0.292. The minimum Gasteiger partial charge on any atom is -0.262 e. The highest BCUT2D eigenvalue weighted by Crippen LogP contribution is 2.41. The van der Waals surface area contributed by atoms with E-state index in [4.69, 9.17) is 11.6 Å². The van der Waals surface area contributed by atoms with Crippen LogP contribution >= 0.6 is 11.6 Å². The summed E-state index contributed by atoms with van der Waals surface area (Å²) in [5.41, 5.74) is 7.58. The van der Waals surface area contributed by atoms with Gasteiger partial charge in [0.1, 0.15) is 0 Å². The summed E-state index contributed by atoms with van der Waals surface area (Å²) < 4.78 is 0. The van der Waals surface area contributed by atoms with E-state index >= 15 is 0 Å². The van der Waals surface area contributed by atoms with Gasteiger partial charge < -0.3 is 0 Å². The standard InChI is InChI=1S/C24H26ClN/c1-4-5-8-17(2)26-16-20-15-24(19-11-13-21(25)14-12-19)23-10-7-6-9-22(23)18(20)3/h6-7,9-14,16,24H,2,4-5,8,15H2,1,3H3. The molecule has 0 N–H and O–H groups in total. The molecule has 2 aromatic rings. The Morgan fingerprint density at radius 1 is 1.19 bits per heavy atom. The van der Waals surface area contributed by atoms with E-state index in [1.807, 2.05) is 18.3 Å². The molecule has 1 atom stereocenters. The van der Waals surface area contributed by atoms with Crippen LogP contribution in [0.3, 0.4) is 0 Å². The van der Waals surface area contributed by atoms with Gasteiger partial charge in [-0.05, 0) is 66.2 Å². The molecule has 0 saturated carbocycles. The third-order valence-electron chi connectivity index (χ3n) is 5.14. The number of fused-ring (bicyclic) bond motifs is 1. The number of unbranched alkanes of at least 4 members (excludes halogenated alkanes) is 1. The summed E-state index contributed by atoms with van der Waals surface area (Å²) in [6.45, 7) is 8.49. The number of aliphatic imine (C=N–C) groups is 1. The van der Waals surface area contributed by atoms with Crippen LogP contribution in [0.4, 0.5) is 0 Å². The summed E-state index contributed by atoms with van der Waals surface area (Å²) in [6, 6.07) is 16.9. The predicted molar refractivity (Wildman–Crippen MR) is 114 cm³/mol. The Hall–Kier alpha value is -2.12. The molecule has 2 heteroatoms. The number of rotatable bonds is 6. The Morgan fingerprint density at radius 3 is 2.65 bits per heavy atom. The molecule has 0 aliphatic heterocycles. The van der Waals surface area contributed by atoms with Gasteiger partial charge in [-0.3, -0.25) is 4.99 Å². The molecule has 0 bridgehead atoms. The molecule has 1 unspecified atom stereocenters. The van der Waals surface area contributed by atoms with Crippen LogP contribution in [0.1, 0.15) is 62.1 Å². The van der Waals surface area contributed by atoms with Crippen LogP contribution in [0.25, 0.3) is 5.57 Å². The molecule has 0 aromatic heterocycles. The van der Waals surface area contributed by atoms with Crippen molar-refractivity contribution in [2.24, 2.45) is 4.99 Å². The van der Waals surface area contributed by atoms with Crippen molar-refractivity contribution in [3.05, 3.63) is 88.1 Å². The molecule has 0 saturated heterocycles. The maximum Gasteiger partial charge on any atom is 0.0406 e. The molecule has 1 aliphatic rings. The first-order chi connectivity index (χ1) is 12.6. The lowest BCUT2D eigenvalue weighted by molar-refractivity contribution is 0.782. The molecule has 0 spiro atoms. The Balaban J connectivity index is 1.94. The number of benzene rings is 2. The monoisotopic (exact) mass is 363 g/mol. The van der Waals surface area contributed by atoms with E-state index in [1.54, 1.807) is 0 Å². The largest absolute Gasteiger partial charge is 0.262 e. The molecule has 1 aliphatic carbocycles. The molecule has 3 rings (SSSR count). The first kappa shape index (κ1) is 18.7. The Labute approximate surface area is 162 Å². The lowest BCUT2D eigenvalue weighted by atomic mass is 9.76. The zero-order chi connectivity index (χ0) is 18.5. The minimum atomic E-state index is 0.331. The molecule has 0 fully saturated rings. The van der Waals surface area contributed by atoms with Gasteiger partial charge in [0.05, 0.1) is 0 Å². The van der Waals surface area contributed by atoms with Crippen LogP contribution in [-0.4, -0.2) is 6.21 Å². The number of hydrogen-bond acceptors (Lipinski definition) is 1. The molecular formula is C24H26ClN. The van der Waals surface area contributed by atoms with E-state index in [1.165, 1.54) is 34.3 Å². The van der Waals surface area contributed by atoms with Crippen LogP contribution in [0, 0.1) is 0 Å². The van der Waals surface area contributed by atoms with E-state index < -0.39 is 0 Å². The topological polar surface area (TPSA) is 12.4 Å². The Bertz CT molecular complexity index is 843. The van der Waals surface area contributed by atoms with E-state index in [2.05, 4.69) is 61.8 Å². The summed E-state index contributed by atoms with van der Waals surface area (Å²) in [7, 11) is 0. The number of halogens is 1. The second-order valence-corrected chi connectivity index (χ2v) is 7.41. The van der Waals surface area contributed by atoms with Gasteiger partial charge in [0.15, 0.2) is 0 Å². The van der Waals surface area contributed by atoms with Crippen molar-refractivity contribution in [2.45, 2.75) is 45.4 Å². The molecule has 2 aromatic carbocycles. The molecule has 0 amide bonds. The van der Waals surface area contributed by atoms with Gasteiger partial charge in [-0.25, -0.2) is 0 Å². The number of nitrogens with zero attached hydrogens (tertiary/aromatic N) is 1. The highest BCUT2D eigenvalue weighted by molar-refractivity contribution is 6.30. The summed E-state index contributed by atoms with van der Waals surface area (Å²) in [5.74, 6) is 0.331. The summed E-state index contributed by atoms with van der Waals surface area (Å²) in [4.78, 5) is 4.65. The van der Waals surface area contributed by atoms with Crippen LogP contribution in [0.5, 0.6) is 0 Å². The normalized spacial score (nSPS) is 16.8. The molecule has 0 heterocycles. The highest BCUT2D eigenvalue weighted by atomic mass is 35.5. The average molecular weight is 364 g/mol. The predicted octanol–water partition coefficient (Wildman–Crippen LogP) is 7.42. The summed E-state index contributed by atoms with van der Waals surface area (Å²) in [5, 5.41) is 0.776. The highest BCUT2D eigenvalue weighted by Gasteiger charge is 2.25. The van der Waals surface area contributed by atoms with Gasteiger partial charge in [-0.15, -0.1) is 0 Å². The molecular weight excluding hydrogens is 338 g/mol. The van der Waals surface area contributed by atoms with Crippen LogP contribution < -0.4 is 0 Å². The van der Waals surface area contributed by atoms with Gasteiger partial charge in [-0.2, -0.15) is 0 Å². The third kappa shape index (κ3) is 4.16. The maximum atomic E-state index is 6.09. The Morgan fingerprint density at radius 2 is 1.92 bits per heavy atom. The quantitative estimate of drug-likeness (QED) is 0.473. The van der Waals surface area contributed by atoms with Crippen molar-refractivity contribution in [3.63, 3.8) is 0 Å². The SMILES string of the molecule is C=C(CCCC)N=CC1=C(C)c2ccccc2C(c2ccc(Cl)cc2)C1. The zero-order valence-electron chi connectivity index (χ0n) is 15.6. The lowest BCUT2D eigenvalue weighted by Crippen LogP contribution is -2.12. The van der Waals surface area contributed by atoms with E-state index in [-0.39, 0.29) is 0 Å². The maximum absolute atomic E-state index is 6.09. The van der Waals surface area contributed by atoms with Gasteiger partial charge in [0.25, 0.3) is 0 Å². The summed E-state index contributed by atoms with van der Waals surface area (Å²) >= 11 is 6.09. The number of hydrogen-bond donors (Lipinski definition) is 0. The van der Waals surface area contributed by atoms with Crippen LogP contribution in [0.15, 0.2) is 71.4 Å². The van der Waals surface area contributed by atoms with Gasteiger partial charge >= 0.3 is 0 Å². The van der Waals surface area contributed by atoms with Crippen molar-refractivity contribution in [2.75, 3.05) is 0 Å². The molecule has 134 valence electrons. The first-order valence-electron chi connectivity index (χ1n) is 9.36. The molecule has 1 nitrogen and oxygen atoms in total. The second-order valence-electron chi connectivity index (χ2n) is 6.97. The van der Waals surface area contributed by atoms with Gasteiger partial charge in [0.2, 0.25) is 0 Å². The van der Waals surface area contributed by atoms with E-state index in [0.717, 1.165) is 30.0 Å². The number of allylic oxidation sites excluding steroid dienone is 3. The van der Waals surface area contributed by atoms with Crippen molar-refractivity contribution < 1.29 is 0 Å². The van der Waals surface area contributed by atoms with E-state index in [9.17, 15) is 0 Å². The second kappa shape index (κ2) is 8.51.